The van der Waals surface area contributed by atoms with Crippen LogP contribution in [0.1, 0.15) is 17.5 Å². The van der Waals surface area contributed by atoms with Gasteiger partial charge in [0.1, 0.15) is 5.60 Å². The van der Waals surface area contributed by atoms with E-state index in [1.807, 2.05) is 36.4 Å². The van der Waals surface area contributed by atoms with Crippen LogP contribution < -0.4 is 20.3 Å². The molecule has 2 heterocycles. The summed E-state index contributed by atoms with van der Waals surface area (Å²) >= 11 is 0. The number of ether oxygens (including phenoxy) is 3. The number of benzene rings is 2. The molecule has 0 aromatic heterocycles. The fraction of sp³-hybridized carbons (Fsp3) is 0.348. The Morgan fingerprint density at radius 3 is 2.67 bits per heavy atom. The summed E-state index contributed by atoms with van der Waals surface area (Å²) in [6.07, 6.45) is -1.95. The van der Waals surface area contributed by atoms with Crippen LogP contribution in [0.25, 0.3) is 5.70 Å². The zero-order chi connectivity index (χ0) is 23.3. The van der Waals surface area contributed by atoms with Crippen molar-refractivity contribution in [3.63, 3.8) is 0 Å². The molecule has 4 rings (SSSR count). The van der Waals surface area contributed by atoms with Gasteiger partial charge in [0.2, 0.25) is 0 Å². The summed E-state index contributed by atoms with van der Waals surface area (Å²) in [5.41, 5.74) is 4.41. The molecule has 1 spiro atoms. The number of carbonyl (C=O) groups is 1. The van der Waals surface area contributed by atoms with Gasteiger partial charge in [0, 0.05) is 25.1 Å². The molecule has 1 saturated heterocycles. The monoisotopic (exact) mass is 464 g/mol. The van der Waals surface area contributed by atoms with Crippen LogP contribution in [0, 0.1) is 0 Å². The smallest absolute Gasteiger partial charge is 0.422 e. The van der Waals surface area contributed by atoms with Crippen molar-refractivity contribution < 1.29 is 37.0 Å². The van der Waals surface area contributed by atoms with Gasteiger partial charge in [-0.05, 0) is 29.8 Å². The number of halogens is 3. The van der Waals surface area contributed by atoms with Crippen molar-refractivity contribution in [2.45, 2.75) is 24.7 Å². The molecule has 7 nitrogen and oxygen atoms in total. The zero-order valence-electron chi connectivity index (χ0n) is 17.6. The molecule has 2 aromatic carbocycles. The molecular weight excluding hydrogens is 441 g/mol. The summed E-state index contributed by atoms with van der Waals surface area (Å²) in [5.74, 6) is -0.530. The molecule has 33 heavy (non-hydrogen) atoms. The molecule has 1 atom stereocenters. The van der Waals surface area contributed by atoms with E-state index in [1.54, 1.807) is 6.07 Å². The van der Waals surface area contributed by atoms with Gasteiger partial charge < -0.3 is 19.5 Å². The van der Waals surface area contributed by atoms with Crippen LogP contribution in [0.5, 0.6) is 11.5 Å². The second-order valence-corrected chi connectivity index (χ2v) is 7.75. The van der Waals surface area contributed by atoms with E-state index in [0.717, 1.165) is 5.56 Å². The van der Waals surface area contributed by atoms with Gasteiger partial charge >= 0.3 is 6.18 Å². The number of hydroxylamine groups is 1. The van der Waals surface area contributed by atoms with Crippen LogP contribution in [0.4, 0.5) is 13.2 Å². The third kappa shape index (κ3) is 6.17. The Bertz CT molecular complexity index is 1000. The average molecular weight is 464 g/mol. The fourth-order valence-electron chi connectivity index (χ4n) is 3.44. The van der Waals surface area contributed by atoms with Crippen LogP contribution in [0.2, 0.25) is 0 Å². The Balaban J connectivity index is 1.45. The Kier molecular flexibility index (Phi) is 6.75. The van der Waals surface area contributed by atoms with Crippen molar-refractivity contribution in [3.8, 4) is 11.5 Å². The number of alkyl halides is 3. The first-order chi connectivity index (χ1) is 15.8. The first-order valence-electron chi connectivity index (χ1n) is 10.3. The van der Waals surface area contributed by atoms with E-state index in [4.69, 9.17) is 19.0 Å². The lowest BCUT2D eigenvalue weighted by atomic mass is 10.0. The highest BCUT2D eigenvalue weighted by atomic mass is 19.4. The van der Waals surface area contributed by atoms with Gasteiger partial charge in [-0.3, -0.25) is 15.1 Å². The van der Waals surface area contributed by atoms with Crippen molar-refractivity contribution in [3.05, 3.63) is 65.7 Å². The summed E-state index contributed by atoms with van der Waals surface area (Å²) in [7, 11) is 0. The number of hydrogen-bond acceptors (Lipinski definition) is 6. The second-order valence-electron chi connectivity index (χ2n) is 7.75. The second kappa shape index (κ2) is 9.72. The number of carbonyl (C=O) groups excluding carboxylic acids is 1. The molecule has 1 unspecified atom stereocenters. The standard InChI is InChI=1S/C23H23F3N2O5/c24-23(25,26)15-32-19-7-6-17(18-11-22(33-28-18)8-9-30-14-22)10-20(19)31-13-21(29)27-12-16-4-2-1-3-5-16/h1-7,10-11,28H,8-9,12-15H2,(H,27,29). The summed E-state index contributed by atoms with van der Waals surface area (Å²) in [6.45, 7) is -0.588. The average Bonchev–Trinajstić information content (AvgIpc) is 3.45. The minimum Gasteiger partial charge on any atom is -0.480 e. The van der Waals surface area contributed by atoms with Crippen molar-refractivity contribution in [1.82, 2.24) is 10.8 Å². The molecule has 1 amide bonds. The molecule has 0 radical (unpaired) electrons. The third-order valence-corrected chi connectivity index (χ3v) is 5.12. The largest absolute Gasteiger partial charge is 0.480 e. The lowest BCUT2D eigenvalue weighted by Crippen LogP contribution is -2.29. The highest BCUT2D eigenvalue weighted by molar-refractivity contribution is 5.77. The normalized spacial score (nSPS) is 19.8. The van der Waals surface area contributed by atoms with Gasteiger partial charge in [-0.25, -0.2) is 0 Å². The SMILES string of the molecule is O=C(COc1cc(C2=CC3(CCOC3)ON2)ccc1OCC(F)(F)F)NCc1ccccc1. The maximum absolute atomic E-state index is 12.7. The van der Waals surface area contributed by atoms with E-state index in [2.05, 4.69) is 10.8 Å². The van der Waals surface area contributed by atoms with Crippen molar-refractivity contribution in [2.75, 3.05) is 26.4 Å². The van der Waals surface area contributed by atoms with E-state index in [0.29, 0.717) is 37.4 Å². The highest BCUT2D eigenvalue weighted by Gasteiger charge is 2.39. The van der Waals surface area contributed by atoms with Crippen molar-refractivity contribution in [2.24, 2.45) is 0 Å². The Labute approximate surface area is 188 Å². The van der Waals surface area contributed by atoms with Gasteiger partial charge in [-0.1, -0.05) is 30.3 Å². The summed E-state index contributed by atoms with van der Waals surface area (Å²) in [6, 6.07) is 13.8. The van der Waals surface area contributed by atoms with Crippen LogP contribution in [-0.2, 0) is 20.9 Å². The molecule has 0 aliphatic carbocycles. The van der Waals surface area contributed by atoms with Crippen molar-refractivity contribution >= 4 is 11.6 Å². The van der Waals surface area contributed by atoms with Crippen molar-refractivity contribution in [1.29, 1.82) is 0 Å². The van der Waals surface area contributed by atoms with E-state index in [-0.39, 0.29) is 18.1 Å². The third-order valence-electron chi connectivity index (χ3n) is 5.12. The zero-order valence-corrected chi connectivity index (χ0v) is 17.6. The number of nitrogens with one attached hydrogen (secondary N) is 2. The van der Waals surface area contributed by atoms with Crippen LogP contribution in [-0.4, -0.2) is 44.1 Å². The fourth-order valence-corrected chi connectivity index (χ4v) is 3.44. The van der Waals surface area contributed by atoms with E-state index >= 15 is 0 Å². The maximum atomic E-state index is 12.7. The van der Waals surface area contributed by atoms with E-state index in [1.165, 1.54) is 12.1 Å². The Morgan fingerprint density at radius 2 is 1.94 bits per heavy atom. The van der Waals surface area contributed by atoms with Gasteiger partial charge in [0.15, 0.2) is 24.7 Å². The van der Waals surface area contributed by atoms with Crippen LogP contribution >= 0.6 is 0 Å². The molecule has 0 bridgehead atoms. The topological polar surface area (TPSA) is 78.1 Å². The van der Waals surface area contributed by atoms with E-state index in [9.17, 15) is 18.0 Å². The molecule has 2 aliphatic heterocycles. The predicted octanol–water partition coefficient (Wildman–Crippen LogP) is 3.36. The minimum atomic E-state index is -4.51. The van der Waals surface area contributed by atoms with Gasteiger partial charge in [-0.2, -0.15) is 13.2 Å². The number of rotatable bonds is 8. The van der Waals surface area contributed by atoms with Crippen LogP contribution in [0.15, 0.2) is 54.6 Å². The Hall–Kier alpha value is -3.24. The summed E-state index contributed by atoms with van der Waals surface area (Å²) < 4.78 is 53.8. The molecule has 2 N–H and O–H groups in total. The molecule has 176 valence electrons. The molecule has 2 aliphatic rings. The van der Waals surface area contributed by atoms with Gasteiger partial charge in [0.05, 0.1) is 12.3 Å². The lowest BCUT2D eigenvalue weighted by Gasteiger charge is -2.16. The number of hydrogen-bond donors (Lipinski definition) is 2. The Morgan fingerprint density at radius 1 is 1.12 bits per heavy atom. The molecule has 10 heteroatoms. The van der Waals surface area contributed by atoms with Gasteiger partial charge in [-0.15, -0.1) is 0 Å². The number of amides is 1. The summed E-state index contributed by atoms with van der Waals surface area (Å²) in [5, 5.41) is 2.71. The summed E-state index contributed by atoms with van der Waals surface area (Å²) in [4.78, 5) is 17.9. The first kappa shape index (κ1) is 22.9. The molecule has 0 saturated carbocycles. The predicted molar refractivity (Wildman–Crippen MR) is 112 cm³/mol. The lowest BCUT2D eigenvalue weighted by molar-refractivity contribution is -0.153. The van der Waals surface area contributed by atoms with Gasteiger partial charge in [0.25, 0.3) is 5.91 Å². The molecule has 1 fully saturated rings. The van der Waals surface area contributed by atoms with Crippen LogP contribution in [0.3, 0.4) is 0 Å². The first-order valence-corrected chi connectivity index (χ1v) is 10.3. The molecule has 2 aromatic rings. The minimum absolute atomic E-state index is 0.0120. The van der Waals surface area contributed by atoms with E-state index < -0.39 is 24.3 Å². The maximum Gasteiger partial charge on any atom is 0.422 e. The highest BCUT2D eigenvalue weighted by Crippen LogP contribution is 2.36. The quantitative estimate of drug-likeness (QED) is 0.624. The molecular formula is C23H23F3N2O5.